The summed E-state index contributed by atoms with van der Waals surface area (Å²) in [6, 6.07) is 9.61. The quantitative estimate of drug-likeness (QED) is 0.511. The van der Waals surface area contributed by atoms with Crippen LogP contribution < -0.4 is 11.1 Å². The SMILES string of the molecule is Nc1nc(F)c(-c2ccc(C3=CCOCC3)cc2CO)cc1-c1cc2c(cc1F)C(=O)NCC2. The second-order valence-electron chi connectivity index (χ2n) is 8.34. The number of benzene rings is 2. The first-order valence-corrected chi connectivity index (χ1v) is 11.0. The highest BCUT2D eigenvalue weighted by atomic mass is 19.1. The molecule has 0 radical (unpaired) electrons. The van der Waals surface area contributed by atoms with Gasteiger partial charge in [0.15, 0.2) is 0 Å². The number of carbonyl (C=O) groups excluding carboxylic acids is 1. The van der Waals surface area contributed by atoms with Gasteiger partial charge in [0.05, 0.1) is 19.8 Å². The number of ether oxygens (including phenoxy) is 1. The first-order chi connectivity index (χ1) is 16.5. The average Bonchev–Trinajstić information content (AvgIpc) is 2.85. The highest BCUT2D eigenvalue weighted by Gasteiger charge is 2.23. The number of anilines is 1. The zero-order chi connectivity index (χ0) is 23.8. The molecule has 174 valence electrons. The van der Waals surface area contributed by atoms with Gasteiger partial charge in [-0.25, -0.2) is 9.37 Å². The second kappa shape index (κ2) is 8.96. The van der Waals surface area contributed by atoms with Crippen molar-refractivity contribution >= 4 is 17.3 Å². The van der Waals surface area contributed by atoms with E-state index in [0.717, 1.165) is 17.6 Å². The molecule has 34 heavy (non-hydrogen) atoms. The van der Waals surface area contributed by atoms with Crippen molar-refractivity contribution in [1.82, 2.24) is 10.3 Å². The molecule has 0 bridgehead atoms. The van der Waals surface area contributed by atoms with Crippen molar-refractivity contribution < 1.29 is 23.4 Å². The minimum absolute atomic E-state index is 0.107. The number of nitrogens with one attached hydrogen (secondary N) is 1. The van der Waals surface area contributed by atoms with Gasteiger partial charge in [0.1, 0.15) is 11.6 Å². The molecule has 1 aromatic heterocycles. The number of aliphatic hydroxyl groups is 1. The van der Waals surface area contributed by atoms with Crippen LogP contribution in [-0.2, 0) is 17.8 Å². The zero-order valence-corrected chi connectivity index (χ0v) is 18.3. The Kier molecular flexibility index (Phi) is 5.85. The van der Waals surface area contributed by atoms with Gasteiger partial charge in [-0.05, 0) is 64.9 Å². The third-order valence-electron chi connectivity index (χ3n) is 6.31. The van der Waals surface area contributed by atoms with Crippen LogP contribution >= 0.6 is 0 Å². The van der Waals surface area contributed by atoms with Crippen molar-refractivity contribution in [3.05, 3.63) is 76.5 Å². The number of nitrogen functional groups attached to an aromatic ring is 1. The lowest BCUT2D eigenvalue weighted by Crippen LogP contribution is -2.32. The molecule has 0 saturated heterocycles. The van der Waals surface area contributed by atoms with Crippen LogP contribution in [0.5, 0.6) is 0 Å². The third kappa shape index (κ3) is 3.95. The van der Waals surface area contributed by atoms with Gasteiger partial charge in [-0.3, -0.25) is 4.79 Å². The summed E-state index contributed by atoms with van der Waals surface area (Å²) in [5.41, 5.74) is 10.4. The van der Waals surface area contributed by atoms with Gasteiger partial charge in [-0.2, -0.15) is 4.39 Å². The van der Waals surface area contributed by atoms with Crippen molar-refractivity contribution in [2.24, 2.45) is 0 Å². The van der Waals surface area contributed by atoms with Gasteiger partial charge in [0.25, 0.3) is 5.91 Å². The molecule has 2 aliphatic heterocycles. The maximum absolute atomic E-state index is 15.0. The average molecular weight is 463 g/mol. The van der Waals surface area contributed by atoms with E-state index in [4.69, 9.17) is 10.5 Å². The van der Waals surface area contributed by atoms with Crippen LogP contribution in [0.25, 0.3) is 27.8 Å². The van der Waals surface area contributed by atoms with Crippen LogP contribution in [0.15, 0.2) is 42.5 Å². The normalized spacial score (nSPS) is 15.5. The lowest BCUT2D eigenvalue weighted by molar-refractivity contribution is 0.0945. The second-order valence-corrected chi connectivity index (χ2v) is 8.34. The molecule has 0 fully saturated rings. The van der Waals surface area contributed by atoms with Gasteiger partial charge in [0, 0.05) is 28.8 Å². The Morgan fingerprint density at radius 1 is 1.03 bits per heavy atom. The van der Waals surface area contributed by atoms with Gasteiger partial charge in [-0.15, -0.1) is 0 Å². The van der Waals surface area contributed by atoms with Crippen molar-refractivity contribution in [1.29, 1.82) is 0 Å². The summed E-state index contributed by atoms with van der Waals surface area (Å²) in [5, 5.41) is 12.7. The fourth-order valence-corrected chi connectivity index (χ4v) is 4.53. The largest absolute Gasteiger partial charge is 0.392 e. The van der Waals surface area contributed by atoms with Crippen molar-refractivity contribution in [3.63, 3.8) is 0 Å². The minimum atomic E-state index is -0.813. The molecule has 3 aromatic rings. The molecule has 8 heteroatoms. The summed E-state index contributed by atoms with van der Waals surface area (Å²) in [4.78, 5) is 15.9. The molecule has 0 saturated carbocycles. The number of rotatable bonds is 4. The Balaban J connectivity index is 1.61. The lowest BCUT2D eigenvalue weighted by atomic mass is 9.91. The van der Waals surface area contributed by atoms with E-state index in [2.05, 4.69) is 10.3 Å². The molecule has 2 aliphatic rings. The molecule has 0 unspecified atom stereocenters. The lowest BCUT2D eigenvalue weighted by Gasteiger charge is -2.19. The van der Waals surface area contributed by atoms with Crippen LogP contribution in [0.1, 0.15) is 33.5 Å². The molecule has 2 aromatic carbocycles. The Morgan fingerprint density at radius 2 is 1.88 bits per heavy atom. The summed E-state index contributed by atoms with van der Waals surface area (Å²) in [7, 11) is 0. The number of pyridine rings is 1. The fraction of sp³-hybridized carbons (Fsp3) is 0.231. The molecule has 5 rings (SSSR count). The van der Waals surface area contributed by atoms with Crippen LogP contribution in [0.2, 0.25) is 0 Å². The van der Waals surface area contributed by atoms with E-state index in [1.54, 1.807) is 12.1 Å². The number of amides is 1. The molecule has 1 amide bonds. The van der Waals surface area contributed by atoms with E-state index in [1.165, 1.54) is 12.1 Å². The van der Waals surface area contributed by atoms with Gasteiger partial charge < -0.3 is 20.9 Å². The number of fused-ring (bicyclic) bond motifs is 1. The summed E-state index contributed by atoms with van der Waals surface area (Å²) < 4.78 is 35.4. The molecule has 3 heterocycles. The Hall–Kier alpha value is -3.62. The topological polar surface area (TPSA) is 97.5 Å². The minimum Gasteiger partial charge on any atom is -0.392 e. The number of carbonyl (C=O) groups is 1. The van der Waals surface area contributed by atoms with Crippen LogP contribution in [-0.4, -0.2) is 35.8 Å². The molecule has 0 spiro atoms. The van der Waals surface area contributed by atoms with Crippen molar-refractivity contribution in [3.8, 4) is 22.3 Å². The van der Waals surface area contributed by atoms with E-state index >= 15 is 4.39 Å². The van der Waals surface area contributed by atoms with Crippen molar-refractivity contribution in [2.75, 3.05) is 25.5 Å². The van der Waals surface area contributed by atoms with Crippen LogP contribution in [0, 0.1) is 11.8 Å². The summed E-state index contributed by atoms with van der Waals surface area (Å²) >= 11 is 0. The molecule has 0 atom stereocenters. The number of hydrogen-bond acceptors (Lipinski definition) is 5. The number of aromatic nitrogens is 1. The fourth-order valence-electron chi connectivity index (χ4n) is 4.53. The Morgan fingerprint density at radius 3 is 2.65 bits per heavy atom. The summed E-state index contributed by atoms with van der Waals surface area (Å²) in [6.07, 6.45) is 3.29. The Labute approximate surface area is 195 Å². The predicted octanol–water partition coefficient (Wildman–Crippen LogP) is 3.86. The first-order valence-electron chi connectivity index (χ1n) is 11.0. The van der Waals surface area contributed by atoms with E-state index in [-0.39, 0.29) is 40.6 Å². The molecule has 4 N–H and O–H groups in total. The molecular weight excluding hydrogens is 440 g/mol. The zero-order valence-electron chi connectivity index (χ0n) is 18.3. The van der Waals surface area contributed by atoms with Crippen LogP contribution in [0.3, 0.4) is 0 Å². The highest BCUT2D eigenvalue weighted by molar-refractivity contribution is 5.97. The van der Waals surface area contributed by atoms with E-state index in [0.29, 0.717) is 42.9 Å². The van der Waals surface area contributed by atoms with E-state index in [1.807, 2.05) is 18.2 Å². The highest BCUT2D eigenvalue weighted by Crippen LogP contribution is 2.37. The van der Waals surface area contributed by atoms with Crippen molar-refractivity contribution in [2.45, 2.75) is 19.4 Å². The molecule has 0 aliphatic carbocycles. The first kappa shape index (κ1) is 22.2. The monoisotopic (exact) mass is 463 g/mol. The number of nitrogens with zero attached hydrogens (tertiary/aromatic N) is 1. The number of nitrogens with two attached hydrogens (primary N) is 1. The third-order valence-corrected chi connectivity index (χ3v) is 6.31. The predicted molar refractivity (Wildman–Crippen MR) is 125 cm³/mol. The standard InChI is InChI=1S/C26H23F2N3O3/c27-23-12-19-16(3-6-30-26(19)33)10-20(23)22-11-21(24(28)31-25(22)29)18-2-1-15(9-17(18)13-32)14-4-7-34-8-5-14/h1-2,4,9-12,32H,3,5-8,13H2,(H2,29,31)(H,30,33). The number of hydrogen-bond donors (Lipinski definition) is 3. The van der Waals surface area contributed by atoms with E-state index in [9.17, 15) is 14.3 Å². The maximum atomic E-state index is 15.0. The number of aliphatic hydroxyl groups excluding tert-OH is 1. The number of halogens is 2. The van der Waals surface area contributed by atoms with Gasteiger partial charge >= 0.3 is 0 Å². The van der Waals surface area contributed by atoms with Gasteiger partial charge in [0.2, 0.25) is 5.95 Å². The van der Waals surface area contributed by atoms with Gasteiger partial charge in [-0.1, -0.05) is 18.2 Å². The molecular formula is C26H23F2N3O3. The molecule has 6 nitrogen and oxygen atoms in total. The summed E-state index contributed by atoms with van der Waals surface area (Å²) in [6.45, 7) is 1.29. The Bertz CT molecular complexity index is 1340. The summed E-state index contributed by atoms with van der Waals surface area (Å²) in [5.74, 6) is -1.95. The maximum Gasteiger partial charge on any atom is 0.251 e. The van der Waals surface area contributed by atoms with Crippen LogP contribution in [0.4, 0.5) is 14.6 Å². The van der Waals surface area contributed by atoms with E-state index < -0.39 is 11.8 Å². The smallest absolute Gasteiger partial charge is 0.251 e.